The second-order valence-corrected chi connectivity index (χ2v) is 5.79. The predicted molar refractivity (Wildman–Crippen MR) is 75.9 cm³/mol. The fourth-order valence-electron chi connectivity index (χ4n) is 1.61. The first-order chi connectivity index (χ1) is 8.00. The zero-order chi connectivity index (χ0) is 12.6. The average molecular weight is 337 g/mol. The van der Waals surface area contributed by atoms with E-state index in [-0.39, 0.29) is 0 Å². The maximum Gasteiger partial charge on any atom is 0.154 e. The van der Waals surface area contributed by atoms with Crippen LogP contribution in [0.15, 0.2) is 21.2 Å². The van der Waals surface area contributed by atoms with E-state index < -0.39 is 0 Å². The number of benzene rings is 1. The van der Waals surface area contributed by atoms with Crippen molar-refractivity contribution in [2.45, 2.75) is 26.4 Å². The third kappa shape index (κ3) is 2.63. The molecule has 5 heteroatoms. The van der Waals surface area contributed by atoms with Gasteiger partial charge in [-0.05, 0) is 22.0 Å². The molecule has 0 atom stereocenters. The monoisotopic (exact) mass is 335 g/mol. The van der Waals surface area contributed by atoms with Crippen molar-refractivity contribution in [2.24, 2.45) is 0 Å². The standard InChI is InChI=1S/C12H12BrCl2NO/c1-6(2)16-4-7-5-17-12-9(14)3-8(13)11(15)10(7)12/h3,5-6,16H,4H2,1-2H3. The lowest BCUT2D eigenvalue weighted by Crippen LogP contribution is -2.21. The van der Waals surface area contributed by atoms with Crippen molar-refractivity contribution >= 4 is 50.1 Å². The Balaban J connectivity index is 2.51. The Kier molecular flexibility index (Phi) is 4.03. The van der Waals surface area contributed by atoms with Crippen LogP contribution < -0.4 is 5.32 Å². The fraction of sp³-hybridized carbons (Fsp3) is 0.333. The van der Waals surface area contributed by atoms with E-state index in [0.29, 0.717) is 28.2 Å². The van der Waals surface area contributed by atoms with Crippen LogP contribution in [0, 0.1) is 0 Å². The summed E-state index contributed by atoms with van der Waals surface area (Å²) in [5.41, 5.74) is 1.65. The van der Waals surface area contributed by atoms with Gasteiger partial charge in [-0.2, -0.15) is 0 Å². The van der Waals surface area contributed by atoms with Crippen LogP contribution in [0.3, 0.4) is 0 Å². The molecule has 0 spiro atoms. The van der Waals surface area contributed by atoms with Gasteiger partial charge in [0.1, 0.15) is 0 Å². The largest absolute Gasteiger partial charge is 0.462 e. The maximum atomic E-state index is 6.27. The van der Waals surface area contributed by atoms with E-state index in [0.717, 1.165) is 15.4 Å². The Morgan fingerprint density at radius 1 is 1.41 bits per heavy atom. The molecule has 0 bridgehead atoms. The molecule has 0 aliphatic carbocycles. The van der Waals surface area contributed by atoms with Gasteiger partial charge in [-0.3, -0.25) is 0 Å². The molecule has 1 aromatic carbocycles. The van der Waals surface area contributed by atoms with Crippen molar-refractivity contribution in [3.63, 3.8) is 0 Å². The van der Waals surface area contributed by atoms with E-state index in [2.05, 4.69) is 35.1 Å². The Morgan fingerprint density at radius 2 is 2.12 bits per heavy atom. The molecule has 0 aliphatic heterocycles. The molecule has 92 valence electrons. The molecule has 0 saturated heterocycles. The van der Waals surface area contributed by atoms with Crippen LogP contribution in [0.5, 0.6) is 0 Å². The number of hydrogen-bond acceptors (Lipinski definition) is 2. The third-order valence-corrected chi connectivity index (χ3v) is 3.99. The van der Waals surface area contributed by atoms with Crippen LogP contribution in [0.25, 0.3) is 11.0 Å². The number of furan rings is 1. The molecule has 1 heterocycles. The van der Waals surface area contributed by atoms with Gasteiger partial charge in [0.05, 0.1) is 16.3 Å². The highest BCUT2D eigenvalue weighted by molar-refractivity contribution is 9.10. The minimum atomic E-state index is 0.404. The fourth-order valence-corrected chi connectivity index (χ4v) is 2.68. The quantitative estimate of drug-likeness (QED) is 0.798. The molecule has 0 amide bonds. The van der Waals surface area contributed by atoms with Crippen molar-refractivity contribution in [3.05, 3.63) is 32.4 Å². The van der Waals surface area contributed by atoms with E-state index in [1.165, 1.54) is 0 Å². The zero-order valence-electron chi connectivity index (χ0n) is 9.48. The number of halogens is 3. The van der Waals surface area contributed by atoms with Gasteiger partial charge in [-0.25, -0.2) is 0 Å². The Labute approximate surface area is 118 Å². The Hall–Kier alpha value is -0.220. The molecule has 0 saturated carbocycles. The molecule has 2 rings (SSSR count). The van der Waals surface area contributed by atoms with Gasteiger partial charge in [0, 0.05) is 28.0 Å². The van der Waals surface area contributed by atoms with Crippen molar-refractivity contribution in [1.82, 2.24) is 5.32 Å². The van der Waals surface area contributed by atoms with E-state index >= 15 is 0 Å². The highest BCUT2D eigenvalue weighted by Crippen LogP contribution is 2.38. The Bertz CT molecular complexity index is 551. The first kappa shape index (κ1) is 13.2. The van der Waals surface area contributed by atoms with Crippen LogP contribution in [0.4, 0.5) is 0 Å². The van der Waals surface area contributed by atoms with Crippen LogP contribution in [0.1, 0.15) is 19.4 Å². The lowest BCUT2D eigenvalue weighted by Gasteiger charge is -2.07. The van der Waals surface area contributed by atoms with E-state index in [4.69, 9.17) is 27.6 Å². The summed E-state index contributed by atoms with van der Waals surface area (Å²) in [4.78, 5) is 0. The molecule has 0 fully saturated rings. The minimum absolute atomic E-state index is 0.404. The summed E-state index contributed by atoms with van der Waals surface area (Å²) in [5, 5.41) is 5.40. The highest BCUT2D eigenvalue weighted by atomic mass is 79.9. The maximum absolute atomic E-state index is 6.27. The van der Waals surface area contributed by atoms with E-state index in [9.17, 15) is 0 Å². The van der Waals surface area contributed by atoms with Crippen LogP contribution in [-0.4, -0.2) is 6.04 Å². The average Bonchev–Trinajstić information content (AvgIpc) is 2.67. The third-order valence-electron chi connectivity index (χ3n) is 2.47. The number of hydrogen-bond donors (Lipinski definition) is 1. The van der Waals surface area contributed by atoms with Crippen molar-refractivity contribution in [1.29, 1.82) is 0 Å². The van der Waals surface area contributed by atoms with Crippen molar-refractivity contribution in [3.8, 4) is 0 Å². The van der Waals surface area contributed by atoms with Crippen LogP contribution in [-0.2, 0) is 6.54 Å². The first-order valence-corrected chi connectivity index (χ1v) is 6.82. The molecule has 2 aromatic rings. The summed E-state index contributed by atoms with van der Waals surface area (Å²) < 4.78 is 6.25. The molecule has 1 N–H and O–H groups in total. The van der Waals surface area contributed by atoms with Crippen molar-refractivity contribution in [2.75, 3.05) is 0 Å². The van der Waals surface area contributed by atoms with Crippen LogP contribution in [0.2, 0.25) is 10.0 Å². The van der Waals surface area contributed by atoms with Crippen molar-refractivity contribution < 1.29 is 4.42 Å². The van der Waals surface area contributed by atoms with Gasteiger partial charge in [-0.1, -0.05) is 37.0 Å². The van der Waals surface area contributed by atoms with Gasteiger partial charge in [0.15, 0.2) is 5.58 Å². The highest BCUT2D eigenvalue weighted by Gasteiger charge is 2.15. The summed E-state index contributed by atoms with van der Waals surface area (Å²) >= 11 is 15.8. The molecule has 2 nitrogen and oxygen atoms in total. The summed E-state index contributed by atoms with van der Waals surface area (Å²) in [6, 6.07) is 2.15. The molecule has 0 radical (unpaired) electrons. The summed E-state index contributed by atoms with van der Waals surface area (Å²) in [6.45, 7) is 4.89. The van der Waals surface area contributed by atoms with Gasteiger partial charge >= 0.3 is 0 Å². The van der Waals surface area contributed by atoms with Gasteiger partial charge in [0.2, 0.25) is 0 Å². The predicted octanol–water partition coefficient (Wildman–Crippen LogP) is 5.00. The second-order valence-electron chi connectivity index (χ2n) is 4.15. The lowest BCUT2D eigenvalue weighted by molar-refractivity contribution is 0.572. The zero-order valence-corrected chi connectivity index (χ0v) is 12.6. The molecular formula is C12H12BrCl2NO. The van der Waals surface area contributed by atoms with E-state index in [1.807, 2.05) is 0 Å². The number of nitrogens with one attached hydrogen (secondary N) is 1. The number of fused-ring (bicyclic) bond motifs is 1. The van der Waals surface area contributed by atoms with Gasteiger partial charge in [-0.15, -0.1) is 0 Å². The normalized spacial score (nSPS) is 11.6. The summed E-state index contributed by atoms with van der Waals surface area (Å²) in [5.74, 6) is 0. The number of rotatable bonds is 3. The molecule has 17 heavy (non-hydrogen) atoms. The van der Waals surface area contributed by atoms with Crippen LogP contribution >= 0.6 is 39.1 Å². The van der Waals surface area contributed by atoms with E-state index in [1.54, 1.807) is 12.3 Å². The molecule has 0 unspecified atom stereocenters. The second kappa shape index (κ2) is 5.19. The Morgan fingerprint density at radius 3 is 2.76 bits per heavy atom. The molecule has 1 aromatic heterocycles. The topological polar surface area (TPSA) is 25.2 Å². The molecule has 0 aliphatic rings. The lowest BCUT2D eigenvalue weighted by atomic mass is 10.1. The van der Waals surface area contributed by atoms with Gasteiger partial charge < -0.3 is 9.73 Å². The van der Waals surface area contributed by atoms with Gasteiger partial charge in [0.25, 0.3) is 0 Å². The SMILES string of the molecule is CC(C)NCc1coc2c(Cl)cc(Br)c(Cl)c12. The smallest absolute Gasteiger partial charge is 0.154 e. The summed E-state index contributed by atoms with van der Waals surface area (Å²) in [7, 11) is 0. The summed E-state index contributed by atoms with van der Waals surface area (Å²) in [6.07, 6.45) is 1.70. The molecular weight excluding hydrogens is 325 g/mol. The minimum Gasteiger partial charge on any atom is -0.462 e. The first-order valence-electron chi connectivity index (χ1n) is 5.27.